The molecule has 1 aliphatic rings. The van der Waals surface area contributed by atoms with Gasteiger partial charge in [0.15, 0.2) is 0 Å². The molecule has 17 heavy (non-hydrogen) atoms. The van der Waals surface area contributed by atoms with Gasteiger partial charge < -0.3 is 9.84 Å². The summed E-state index contributed by atoms with van der Waals surface area (Å²) >= 11 is 0. The molecule has 5 nitrogen and oxygen atoms in total. The summed E-state index contributed by atoms with van der Waals surface area (Å²) in [6.45, 7) is 2.40. The molecule has 0 aromatic heterocycles. The van der Waals surface area contributed by atoms with Gasteiger partial charge in [-0.2, -0.15) is 8.42 Å². The van der Waals surface area contributed by atoms with E-state index in [1.807, 2.05) is 0 Å². The fraction of sp³-hybridized carbons (Fsp3) is 1.00. The number of hydrogen-bond acceptors (Lipinski definition) is 5. The van der Waals surface area contributed by atoms with E-state index >= 15 is 0 Å². The quantitative estimate of drug-likeness (QED) is 0.749. The van der Waals surface area contributed by atoms with E-state index in [0.29, 0.717) is 32.3 Å². The monoisotopic (exact) mass is 266 g/mol. The minimum atomic E-state index is -3.43. The first-order valence-electron chi connectivity index (χ1n) is 5.74. The number of hydrogen-bond donors (Lipinski definition) is 1. The number of ether oxygens (including phenoxy) is 1. The molecule has 1 N–H and O–H groups in total. The van der Waals surface area contributed by atoms with Crippen LogP contribution in [0.5, 0.6) is 0 Å². The number of rotatable bonds is 5. The van der Waals surface area contributed by atoms with Gasteiger partial charge in [-0.1, -0.05) is 0 Å². The summed E-state index contributed by atoms with van der Waals surface area (Å²) < 4.78 is 32.1. The standard InChI is InChI=1S/C11H22O5S/c1-10(12)4-6-11(7-5-10,8-15-2)9-16-17(3,13)14/h12H,4-9H2,1-3H3. The average molecular weight is 266 g/mol. The van der Waals surface area contributed by atoms with Crippen LogP contribution in [0.15, 0.2) is 0 Å². The van der Waals surface area contributed by atoms with Crippen LogP contribution in [-0.2, 0) is 19.0 Å². The third-order valence-corrected chi connectivity index (χ3v) is 3.96. The molecule has 1 saturated carbocycles. The molecule has 0 bridgehead atoms. The van der Waals surface area contributed by atoms with Gasteiger partial charge in [0.2, 0.25) is 0 Å². The van der Waals surface area contributed by atoms with Crippen molar-refractivity contribution >= 4 is 10.1 Å². The van der Waals surface area contributed by atoms with Crippen molar-refractivity contribution in [1.82, 2.24) is 0 Å². The van der Waals surface area contributed by atoms with Crippen LogP contribution in [0.25, 0.3) is 0 Å². The van der Waals surface area contributed by atoms with E-state index in [1.165, 1.54) is 0 Å². The molecule has 0 saturated heterocycles. The lowest BCUT2D eigenvalue weighted by molar-refractivity contribution is -0.0590. The van der Waals surface area contributed by atoms with Gasteiger partial charge >= 0.3 is 0 Å². The van der Waals surface area contributed by atoms with E-state index in [9.17, 15) is 13.5 Å². The lowest BCUT2D eigenvalue weighted by Crippen LogP contribution is -2.42. The Kier molecular flexibility index (Phi) is 4.57. The van der Waals surface area contributed by atoms with E-state index in [-0.39, 0.29) is 12.0 Å². The number of aliphatic hydroxyl groups is 1. The maximum atomic E-state index is 11.0. The van der Waals surface area contributed by atoms with E-state index in [2.05, 4.69) is 0 Å². The smallest absolute Gasteiger partial charge is 0.264 e. The molecule has 0 aliphatic heterocycles. The second-order valence-corrected chi connectivity index (χ2v) is 7.04. The van der Waals surface area contributed by atoms with Crippen LogP contribution in [0.1, 0.15) is 32.6 Å². The summed E-state index contributed by atoms with van der Waals surface area (Å²) in [5.41, 5.74) is -0.942. The van der Waals surface area contributed by atoms with Gasteiger partial charge in [0, 0.05) is 12.5 Å². The molecule has 1 fully saturated rings. The fourth-order valence-electron chi connectivity index (χ4n) is 2.19. The molecule has 0 amide bonds. The van der Waals surface area contributed by atoms with Gasteiger partial charge in [-0.15, -0.1) is 0 Å². The topological polar surface area (TPSA) is 72.8 Å². The normalized spacial score (nSPS) is 34.8. The zero-order valence-electron chi connectivity index (χ0n) is 10.7. The SMILES string of the molecule is COCC1(COS(C)(=O)=O)CCC(C)(O)CC1. The highest BCUT2D eigenvalue weighted by Gasteiger charge is 2.40. The average Bonchev–Trinajstić information content (AvgIpc) is 2.19. The van der Waals surface area contributed by atoms with E-state index in [0.717, 1.165) is 6.26 Å². The fourth-order valence-corrected chi connectivity index (χ4v) is 2.65. The molecule has 0 aromatic carbocycles. The van der Waals surface area contributed by atoms with Crippen molar-refractivity contribution in [3.8, 4) is 0 Å². The van der Waals surface area contributed by atoms with Crippen LogP contribution >= 0.6 is 0 Å². The Morgan fingerprint density at radius 2 is 1.71 bits per heavy atom. The van der Waals surface area contributed by atoms with Gasteiger partial charge in [0.25, 0.3) is 10.1 Å². The Hall–Kier alpha value is -0.170. The molecule has 0 spiro atoms. The summed E-state index contributed by atoms with van der Waals surface area (Å²) in [6.07, 6.45) is 3.76. The summed E-state index contributed by atoms with van der Waals surface area (Å²) in [6, 6.07) is 0. The van der Waals surface area contributed by atoms with Crippen LogP contribution in [0.2, 0.25) is 0 Å². The van der Waals surface area contributed by atoms with Crippen LogP contribution in [-0.4, -0.2) is 45.7 Å². The molecule has 0 aromatic rings. The molecular formula is C11H22O5S. The number of methoxy groups -OCH3 is 1. The largest absolute Gasteiger partial charge is 0.390 e. The summed E-state index contributed by atoms with van der Waals surface area (Å²) in [4.78, 5) is 0. The van der Waals surface area contributed by atoms with Crippen molar-refractivity contribution in [1.29, 1.82) is 0 Å². The van der Waals surface area contributed by atoms with E-state index in [1.54, 1.807) is 14.0 Å². The minimum absolute atomic E-state index is 0.135. The Morgan fingerprint density at radius 3 is 2.12 bits per heavy atom. The molecule has 6 heteroatoms. The van der Waals surface area contributed by atoms with Crippen LogP contribution in [0.4, 0.5) is 0 Å². The Labute approximate surface area is 103 Å². The van der Waals surface area contributed by atoms with Gasteiger partial charge in [-0.3, -0.25) is 4.18 Å². The van der Waals surface area contributed by atoms with Crippen molar-refractivity contribution in [2.24, 2.45) is 5.41 Å². The highest BCUT2D eigenvalue weighted by Crippen LogP contribution is 2.41. The first kappa shape index (κ1) is 14.9. The van der Waals surface area contributed by atoms with Crippen molar-refractivity contribution in [2.45, 2.75) is 38.2 Å². The van der Waals surface area contributed by atoms with E-state index < -0.39 is 15.7 Å². The van der Waals surface area contributed by atoms with Gasteiger partial charge in [-0.05, 0) is 32.6 Å². The van der Waals surface area contributed by atoms with Crippen LogP contribution in [0, 0.1) is 5.41 Å². The highest BCUT2D eigenvalue weighted by molar-refractivity contribution is 7.85. The summed E-state index contributed by atoms with van der Waals surface area (Å²) in [7, 11) is -1.83. The zero-order valence-corrected chi connectivity index (χ0v) is 11.5. The first-order valence-corrected chi connectivity index (χ1v) is 7.56. The summed E-state index contributed by atoms with van der Waals surface area (Å²) in [5, 5.41) is 9.90. The zero-order chi connectivity index (χ0) is 13.2. The molecule has 0 unspecified atom stereocenters. The molecule has 0 radical (unpaired) electrons. The minimum Gasteiger partial charge on any atom is -0.390 e. The van der Waals surface area contributed by atoms with Crippen LogP contribution < -0.4 is 0 Å². The predicted octanol–water partition coefficient (Wildman–Crippen LogP) is 0.920. The molecule has 0 heterocycles. The van der Waals surface area contributed by atoms with Crippen molar-refractivity contribution in [3.63, 3.8) is 0 Å². The lowest BCUT2D eigenvalue weighted by Gasteiger charge is -2.41. The van der Waals surface area contributed by atoms with Gasteiger partial charge in [0.05, 0.1) is 25.1 Å². The first-order chi connectivity index (χ1) is 7.68. The third kappa shape index (κ3) is 4.91. The van der Waals surface area contributed by atoms with Crippen molar-refractivity contribution in [2.75, 3.05) is 26.6 Å². The Morgan fingerprint density at radius 1 is 1.18 bits per heavy atom. The van der Waals surface area contributed by atoms with Gasteiger partial charge in [-0.25, -0.2) is 0 Å². The maximum Gasteiger partial charge on any atom is 0.264 e. The Balaban J connectivity index is 2.65. The second kappa shape index (κ2) is 5.22. The Bertz CT molecular complexity index is 337. The van der Waals surface area contributed by atoms with Crippen molar-refractivity contribution in [3.05, 3.63) is 0 Å². The van der Waals surface area contributed by atoms with Crippen LogP contribution in [0.3, 0.4) is 0 Å². The molecule has 1 rings (SSSR count). The van der Waals surface area contributed by atoms with Gasteiger partial charge in [0.1, 0.15) is 0 Å². The molecule has 102 valence electrons. The van der Waals surface area contributed by atoms with E-state index in [4.69, 9.17) is 8.92 Å². The van der Waals surface area contributed by atoms with Crippen molar-refractivity contribution < 1.29 is 22.4 Å². The third-order valence-electron chi connectivity index (χ3n) is 3.42. The maximum absolute atomic E-state index is 11.0. The molecule has 0 atom stereocenters. The summed E-state index contributed by atoms with van der Waals surface area (Å²) in [5.74, 6) is 0. The second-order valence-electron chi connectivity index (χ2n) is 5.40. The predicted molar refractivity (Wildman–Crippen MR) is 64.2 cm³/mol. The lowest BCUT2D eigenvalue weighted by atomic mass is 9.70. The molecule has 1 aliphatic carbocycles. The highest BCUT2D eigenvalue weighted by atomic mass is 32.2. The molecular weight excluding hydrogens is 244 g/mol.